The van der Waals surface area contributed by atoms with Crippen molar-refractivity contribution in [2.75, 3.05) is 12.5 Å². The molecule has 0 bridgehead atoms. The molecule has 2 N–H and O–H groups in total. The molecule has 0 amide bonds. The topological polar surface area (TPSA) is 86.5 Å². The minimum Gasteiger partial charge on any atom is -0.467 e. The Hall–Kier alpha value is -2.26. The molecular weight excluding hydrogens is 280 g/mol. The van der Waals surface area contributed by atoms with Gasteiger partial charge in [-0.25, -0.2) is 4.79 Å². The van der Waals surface area contributed by atoms with E-state index < -0.39 is 6.04 Å². The molecule has 1 aliphatic heterocycles. The largest absolute Gasteiger partial charge is 0.467 e. The van der Waals surface area contributed by atoms with Crippen molar-refractivity contribution >= 4 is 29.9 Å². The maximum Gasteiger partial charge on any atom is 0.330 e. The van der Waals surface area contributed by atoms with Crippen LogP contribution in [0.25, 0.3) is 0 Å². The van der Waals surface area contributed by atoms with E-state index in [1.807, 2.05) is 0 Å². The number of methoxy groups -OCH3 is 1. The molecule has 1 unspecified atom stereocenters. The van der Waals surface area contributed by atoms with Crippen LogP contribution in [0.4, 0.5) is 5.69 Å². The van der Waals surface area contributed by atoms with E-state index >= 15 is 0 Å². The van der Waals surface area contributed by atoms with Crippen LogP contribution in [0.3, 0.4) is 0 Å². The lowest BCUT2D eigenvalue weighted by atomic mass is 10.2. The van der Waals surface area contributed by atoms with Crippen molar-refractivity contribution in [3.63, 3.8) is 0 Å². The predicted octanol–water partition coefficient (Wildman–Crippen LogP) is 1.63. The van der Waals surface area contributed by atoms with Gasteiger partial charge in [-0.15, -0.1) is 12.4 Å². The minimum atomic E-state index is -0.407. The molecule has 0 saturated heterocycles. The average Bonchev–Trinajstić information content (AvgIpc) is 2.93. The second kappa shape index (κ2) is 7.36. The third-order valence-corrected chi connectivity index (χ3v) is 2.80. The first kappa shape index (κ1) is 15.8. The summed E-state index contributed by atoms with van der Waals surface area (Å²) in [5, 5.41) is 8.69. The van der Waals surface area contributed by atoms with Crippen molar-refractivity contribution < 1.29 is 9.53 Å². The van der Waals surface area contributed by atoms with Gasteiger partial charge in [-0.3, -0.25) is 15.8 Å². The highest BCUT2D eigenvalue weighted by Gasteiger charge is 2.24. The van der Waals surface area contributed by atoms with Crippen molar-refractivity contribution in [2.24, 2.45) is 4.99 Å². The van der Waals surface area contributed by atoms with Gasteiger partial charge in [0, 0.05) is 6.42 Å². The molecule has 0 fully saturated rings. The van der Waals surface area contributed by atoms with Crippen molar-refractivity contribution in [1.29, 1.82) is 5.26 Å². The summed E-state index contributed by atoms with van der Waals surface area (Å²) >= 11 is 0. The zero-order chi connectivity index (χ0) is 13.7. The van der Waals surface area contributed by atoms with Crippen molar-refractivity contribution in [3.8, 4) is 6.07 Å². The number of hydrogen-bond donors (Lipinski definition) is 2. The molecule has 20 heavy (non-hydrogen) atoms. The summed E-state index contributed by atoms with van der Waals surface area (Å²) in [6.45, 7) is 0. The summed E-state index contributed by atoms with van der Waals surface area (Å²) in [6, 6.07) is 8.67. The summed E-state index contributed by atoms with van der Waals surface area (Å²) in [5.41, 5.74) is 7.36. The Morgan fingerprint density at radius 1 is 1.40 bits per heavy atom. The Morgan fingerprint density at radius 3 is 2.70 bits per heavy atom. The van der Waals surface area contributed by atoms with Gasteiger partial charge in [-0.2, -0.15) is 5.26 Å². The highest BCUT2D eigenvalue weighted by Crippen LogP contribution is 2.14. The number of hydrazine groups is 1. The Morgan fingerprint density at radius 2 is 2.10 bits per heavy atom. The fourth-order valence-corrected chi connectivity index (χ4v) is 1.76. The predicted molar refractivity (Wildman–Crippen MR) is 77.6 cm³/mol. The van der Waals surface area contributed by atoms with Crippen molar-refractivity contribution in [1.82, 2.24) is 5.43 Å². The van der Waals surface area contributed by atoms with Gasteiger partial charge in [-0.05, 0) is 30.7 Å². The van der Waals surface area contributed by atoms with Crippen LogP contribution in [0.5, 0.6) is 0 Å². The maximum absolute atomic E-state index is 11.3. The molecular formula is C13H15ClN4O2. The van der Waals surface area contributed by atoms with Crippen LogP contribution in [-0.2, 0) is 9.53 Å². The minimum absolute atomic E-state index is 0. The van der Waals surface area contributed by atoms with E-state index in [-0.39, 0.29) is 18.4 Å². The second-order valence-electron chi connectivity index (χ2n) is 4.09. The molecule has 106 valence electrons. The zero-order valence-electron chi connectivity index (χ0n) is 10.9. The van der Waals surface area contributed by atoms with E-state index in [4.69, 9.17) is 5.26 Å². The third kappa shape index (κ3) is 3.87. The van der Waals surface area contributed by atoms with E-state index in [2.05, 4.69) is 26.7 Å². The van der Waals surface area contributed by atoms with Crippen LogP contribution in [0.1, 0.15) is 18.4 Å². The molecule has 1 aliphatic rings. The first-order valence-electron chi connectivity index (χ1n) is 5.89. The van der Waals surface area contributed by atoms with Crippen LogP contribution in [0, 0.1) is 11.3 Å². The van der Waals surface area contributed by atoms with Crippen LogP contribution < -0.4 is 10.9 Å². The van der Waals surface area contributed by atoms with Gasteiger partial charge in [0.1, 0.15) is 11.9 Å². The van der Waals surface area contributed by atoms with Gasteiger partial charge in [0.15, 0.2) is 0 Å². The lowest BCUT2D eigenvalue weighted by Crippen LogP contribution is -2.28. The molecule has 1 aromatic carbocycles. The standard InChI is InChI=1S/C13H14N4O2.ClH/c1-19-13(18)11-6-7-12(15-11)17-16-10-4-2-9(8-14)3-5-10;/h2-5,11,16H,6-7H2,1H3,(H,15,17);1H. The number of benzene rings is 1. The normalized spacial score (nSPS) is 16.4. The maximum atomic E-state index is 11.3. The number of nitriles is 1. The fraction of sp³-hybridized carbons (Fsp3) is 0.308. The number of rotatable bonds is 3. The summed E-state index contributed by atoms with van der Waals surface area (Å²) < 4.78 is 4.65. The van der Waals surface area contributed by atoms with Crippen LogP contribution >= 0.6 is 12.4 Å². The summed E-state index contributed by atoms with van der Waals surface area (Å²) in [7, 11) is 1.36. The van der Waals surface area contributed by atoms with Crippen molar-refractivity contribution in [3.05, 3.63) is 29.8 Å². The zero-order valence-corrected chi connectivity index (χ0v) is 11.7. The number of carbonyl (C=O) groups excluding carboxylic acids is 1. The van der Waals surface area contributed by atoms with Gasteiger partial charge < -0.3 is 4.74 Å². The van der Waals surface area contributed by atoms with E-state index in [1.165, 1.54) is 7.11 Å². The SMILES string of the molecule is COC(=O)C1CCC(NNc2ccc(C#N)cc2)=N1.Cl. The van der Waals surface area contributed by atoms with Gasteiger partial charge >= 0.3 is 5.97 Å². The van der Waals surface area contributed by atoms with Gasteiger partial charge in [-0.1, -0.05) is 0 Å². The van der Waals surface area contributed by atoms with E-state index in [0.717, 1.165) is 11.5 Å². The number of nitrogens with one attached hydrogen (secondary N) is 2. The van der Waals surface area contributed by atoms with Crippen molar-refractivity contribution in [2.45, 2.75) is 18.9 Å². The molecule has 1 aromatic rings. The number of anilines is 1. The Labute approximate surface area is 123 Å². The van der Waals surface area contributed by atoms with E-state index in [9.17, 15) is 4.79 Å². The number of amidine groups is 1. The quantitative estimate of drug-likeness (QED) is 0.653. The number of hydrogen-bond acceptors (Lipinski definition) is 6. The second-order valence-corrected chi connectivity index (χ2v) is 4.09. The average molecular weight is 295 g/mol. The molecule has 0 aromatic heterocycles. The lowest BCUT2D eigenvalue weighted by Gasteiger charge is -2.08. The summed E-state index contributed by atoms with van der Waals surface area (Å²) in [4.78, 5) is 15.5. The van der Waals surface area contributed by atoms with Crippen LogP contribution in [-0.4, -0.2) is 25.0 Å². The smallest absolute Gasteiger partial charge is 0.330 e. The molecule has 0 saturated carbocycles. The first-order valence-corrected chi connectivity index (χ1v) is 5.89. The molecule has 6 nitrogen and oxygen atoms in total. The number of esters is 1. The Bertz CT molecular complexity index is 536. The highest BCUT2D eigenvalue weighted by molar-refractivity contribution is 5.90. The monoisotopic (exact) mass is 294 g/mol. The number of nitrogens with zero attached hydrogens (tertiary/aromatic N) is 2. The number of aliphatic imine (C=N–C) groups is 1. The van der Waals surface area contributed by atoms with Crippen LogP contribution in [0.15, 0.2) is 29.3 Å². The molecule has 2 rings (SSSR count). The Kier molecular flexibility index (Phi) is 5.81. The molecule has 0 spiro atoms. The van der Waals surface area contributed by atoms with E-state index in [1.54, 1.807) is 24.3 Å². The number of halogens is 1. The third-order valence-electron chi connectivity index (χ3n) is 2.80. The highest BCUT2D eigenvalue weighted by atomic mass is 35.5. The fourth-order valence-electron chi connectivity index (χ4n) is 1.76. The molecule has 0 aliphatic carbocycles. The van der Waals surface area contributed by atoms with Crippen LogP contribution in [0.2, 0.25) is 0 Å². The number of ether oxygens (including phenoxy) is 1. The summed E-state index contributed by atoms with van der Waals surface area (Å²) in [6.07, 6.45) is 1.35. The summed E-state index contributed by atoms with van der Waals surface area (Å²) in [5.74, 6) is 0.412. The lowest BCUT2D eigenvalue weighted by molar-refractivity contribution is -0.141. The molecule has 1 heterocycles. The van der Waals surface area contributed by atoms with Gasteiger partial charge in [0.2, 0.25) is 0 Å². The first-order chi connectivity index (χ1) is 9.22. The molecule has 7 heteroatoms. The van der Waals surface area contributed by atoms with E-state index in [0.29, 0.717) is 18.4 Å². The Balaban J connectivity index is 0.00000200. The molecule has 1 atom stereocenters. The van der Waals surface area contributed by atoms with Gasteiger partial charge in [0.05, 0.1) is 24.4 Å². The molecule has 0 radical (unpaired) electrons. The van der Waals surface area contributed by atoms with Gasteiger partial charge in [0.25, 0.3) is 0 Å². The number of carbonyl (C=O) groups is 1.